The molecule has 0 atom stereocenters. The average Bonchev–Trinajstić information content (AvgIpc) is 3.22. The third-order valence-electron chi connectivity index (χ3n) is 4.56. The number of ether oxygens (including phenoxy) is 2. The fourth-order valence-corrected chi connectivity index (χ4v) is 3.24. The molecule has 0 bridgehead atoms. The van der Waals surface area contributed by atoms with Gasteiger partial charge in [0.25, 0.3) is 5.91 Å². The largest absolute Gasteiger partial charge is 0.497 e. The number of benzene rings is 3. The average molecular weight is 433 g/mol. The first-order valence-corrected chi connectivity index (χ1v) is 9.78. The number of carbonyl (C=O) groups is 1. The minimum atomic E-state index is -0.362. The Kier molecular flexibility index (Phi) is 5.81. The van der Waals surface area contributed by atoms with Gasteiger partial charge in [0.2, 0.25) is 5.89 Å². The molecule has 8 heteroatoms. The van der Waals surface area contributed by atoms with Crippen molar-refractivity contribution in [3.8, 4) is 23.0 Å². The van der Waals surface area contributed by atoms with Crippen LogP contribution in [0.5, 0.6) is 11.5 Å². The van der Waals surface area contributed by atoms with E-state index in [-0.39, 0.29) is 11.0 Å². The monoisotopic (exact) mass is 433 g/mol. The predicted octanol–water partition coefficient (Wildman–Crippen LogP) is 4.64. The van der Waals surface area contributed by atoms with Crippen LogP contribution in [-0.4, -0.2) is 30.2 Å². The Balaban J connectivity index is 1.48. The van der Waals surface area contributed by atoms with E-state index in [1.54, 1.807) is 49.6 Å². The standard InChI is InChI=1S/C23H19N3O4S/c1-28-16-10-7-14(8-11-16)22-25-18-13-15(9-12-20(18)30-22)24-23(31)26-21(27)17-5-3-4-6-19(17)29-2/h3-13H,1-2H3,(H2,24,26,27,31). The number of rotatable bonds is 5. The Labute approximate surface area is 184 Å². The number of nitrogens with one attached hydrogen (secondary N) is 2. The number of para-hydroxylation sites is 1. The summed E-state index contributed by atoms with van der Waals surface area (Å²) in [5, 5.41) is 5.81. The molecule has 7 nitrogen and oxygen atoms in total. The molecule has 1 aromatic heterocycles. The molecule has 4 rings (SSSR count). The Morgan fingerprint density at radius 1 is 1.00 bits per heavy atom. The Bertz CT molecular complexity index is 1250. The number of anilines is 1. The first kappa shape index (κ1) is 20.4. The number of oxazole rings is 1. The topological polar surface area (TPSA) is 85.6 Å². The first-order valence-electron chi connectivity index (χ1n) is 9.38. The number of nitrogens with zero attached hydrogens (tertiary/aromatic N) is 1. The lowest BCUT2D eigenvalue weighted by Crippen LogP contribution is -2.34. The van der Waals surface area contributed by atoms with E-state index in [9.17, 15) is 4.79 Å². The van der Waals surface area contributed by atoms with E-state index in [2.05, 4.69) is 15.6 Å². The van der Waals surface area contributed by atoms with Crippen LogP contribution >= 0.6 is 12.2 Å². The number of methoxy groups -OCH3 is 2. The second-order valence-electron chi connectivity index (χ2n) is 6.54. The molecule has 0 saturated heterocycles. The third-order valence-corrected chi connectivity index (χ3v) is 4.77. The smallest absolute Gasteiger partial charge is 0.261 e. The maximum atomic E-state index is 12.5. The Morgan fingerprint density at radius 3 is 2.52 bits per heavy atom. The highest BCUT2D eigenvalue weighted by Crippen LogP contribution is 2.27. The Hall–Kier alpha value is -3.91. The zero-order valence-corrected chi connectivity index (χ0v) is 17.7. The minimum Gasteiger partial charge on any atom is -0.497 e. The van der Waals surface area contributed by atoms with Crippen LogP contribution in [0, 0.1) is 0 Å². The van der Waals surface area contributed by atoms with Crippen LogP contribution in [0.25, 0.3) is 22.6 Å². The number of thiocarbonyl (C=S) groups is 1. The fourth-order valence-electron chi connectivity index (χ4n) is 3.03. The highest BCUT2D eigenvalue weighted by atomic mass is 32.1. The van der Waals surface area contributed by atoms with Crippen molar-refractivity contribution >= 4 is 40.0 Å². The lowest BCUT2D eigenvalue weighted by molar-refractivity contribution is 0.0975. The van der Waals surface area contributed by atoms with Crippen LogP contribution in [0.4, 0.5) is 5.69 Å². The van der Waals surface area contributed by atoms with E-state index in [1.807, 2.05) is 24.3 Å². The molecular formula is C23H19N3O4S. The van der Waals surface area contributed by atoms with Gasteiger partial charge in [-0.1, -0.05) is 12.1 Å². The van der Waals surface area contributed by atoms with Gasteiger partial charge in [0.15, 0.2) is 10.7 Å². The van der Waals surface area contributed by atoms with Gasteiger partial charge in [0.1, 0.15) is 17.0 Å². The van der Waals surface area contributed by atoms with Gasteiger partial charge in [0.05, 0.1) is 19.8 Å². The van der Waals surface area contributed by atoms with Gasteiger partial charge in [0, 0.05) is 11.3 Å². The van der Waals surface area contributed by atoms with Crippen molar-refractivity contribution < 1.29 is 18.7 Å². The lowest BCUT2D eigenvalue weighted by Gasteiger charge is -2.11. The van der Waals surface area contributed by atoms with Crippen molar-refractivity contribution in [3.63, 3.8) is 0 Å². The van der Waals surface area contributed by atoms with Crippen LogP contribution in [0.15, 0.2) is 71.1 Å². The number of hydrogen-bond acceptors (Lipinski definition) is 6. The second-order valence-corrected chi connectivity index (χ2v) is 6.95. The number of aromatic nitrogens is 1. The Morgan fingerprint density at radius 2 is 1.77 bits per heavy atom. The van der Waals surface area contributed by atoms with Gasteiger partial charge in [-0.2, -0.15) is 0 Å². The second kappa shape index (κ2) is 8.85. The molecule has 1 heterocycles. The van der Waals surface area contributed by atoms with Crippen LogP contribution < -0.4 is 20.1 Å². The van der Waals surface area contributed by atoms with Gasteiger partial charge in [-0.05, 0) is 66.8 Å². The van der Waals surface area contributed by atoms with Crippen LogP contribution in [0.3, 0.4) is 0 Å². The van der Waals surface area contributed by atoms with Crippen LogP contribution in [-0.2, 0) is 0 Å². The van der Waals surface area contributed by atoms with Gasteiger partial charge in [-0.15, -0.1) is 0 Å². The molecule has 1 amide bonds. The molecule has 0 unspecified atom stereocenters. The number of carbonyl (C=O) groups excluding carboxylic acids is 1. The van der Waals surface area contributed by atoms with Gasteiger partial charge in [-0.3, -0.25) is 10.1 Å². The molecule has 2 N–H and O–H groups in total. The molecule has 0 saturated carbocycles. The van der Waals surface area contributed by atoms with Crippen LogP contribution in [0.2, 0.25) is 0 Å². The molecule has 0 aliphatic heterocycles. The van der Waals surface area contributed by atoms with Crippen molar-refractivity contribution in [2.45, 2.75) is 0 Å². The van der Waals surface area contributed by atoms with Crippen molar-refractivity contribution in [1.82, 2.24) is 10.3 Å². The SMILES string of the molecule is COc1ccc(-c2nc3cc(NC(=S)NC(=O)c4ccccc4OC)ccc3o2)cc1. The van der Waals surface area contributed by atoms with E-state index >= 15 is 0 Å². The molecule has 4 aromatic rings. The third kappa shape index (κ3) is 4.49. The van der Waals surface area contributed by atoms with Gasteiger partial charge in [-0.25, -0.2) is 4.98 Å². The summed E-state index contributed by atoms with van der Waals surface area (Å²) in [7, 11) is 3.13. The van der Waals surface area contributed by atoms with Crippen molar-refractivity contribution in [1.29, 1.82) is 0 Å². The first-order chi connectivity index (χ1) is 15.1. The summed E-state index contributed by atoms with van der Waals surface area (Å²) in [6, 6.07) is 19.8. The fraction of sp³-hybridized carbons (Fsp3) is 0.0870. The highest BCUT2D eigenvalue weighted by molar-refractivity contribution is 7.80. The summed E-state index contributed by atoms with van der Waals surface area (Å²) in [5.74, 6) is 1.37. The molecule has 0 fully saturated rings. The summed E-state index contributed by atoms with van der Waals surface area (Å²) < 4.78 is 16.2. The zero-order valence-electron chi connectivity index (χ0n) is 16.8. The molecular weight excluding hydrogens is 414 g/mol. The lowest BCUT2D eigenvalue weighted by atomic mass is 10.2. The molecule has 0 spiro atoms. The van der Waals surface area contributed by atoms with E-state index < -0.39 is 0 Å². The molecule has 31 heavy (non-hydrogen) atoms. The quantitative estimate of drug-likeness (QED) is 0.444. The number of hydrogen-bond donors (Lipinski definition) is 2. The van der Waals surface area contributed by atoms with Crippen LogP contribution in [0.1, 0.15) is 10.4 Å². The van der Waals surface area contributed by atoms with Crippen molar-refractivity contribution in [3.05, 3.63) is 72.3 Å². The van der Waals surface area contributed by atoms with Crippen molar-refractivity contribution in [2.24, 2.45) is 0 Å². The van der Waals surface area contributed by atoms with E-state index in [0.29, 0.717) is 34.0 Å². The molecule has 156 valence electrons. The summed E-state index contributed by atoms with van der Waals surface area (Å²) in [6.45, 7) is 0. The van der Waals surface area contributed by atoms with E-state index in [1.165, 1.54) is 7.11 Å². The predicted molar refractivity (Wildman–Crippen MR) is 123 cm³/mol. The van der Waals surface area contributed by atoms with Crippen molar-refractivity contribution in [2.75, 3.05) is 19.5 Å². The molecule has 3 aromatic carbocycles. The number of amides is 1. The van der Waals surface area contributed by atoms with Gasteiger partial charge >= 0.3 is 0 Å². The summed E-state index contributed by atoms with van der Waals surface area (Å²) in [5.41, 5.74) is 3.21. The highest BCUT2D eigenvalue weighted by Gasteiger charge is 2.14. The summed E-state index contributed by atoms with van der Waals surface area (Å²) in [6.07, 6.45) is 0. The maximum Gasteiger partial charge on any atom is 0.261 e. The number of fused-ring (bicyclic) bond motifs is 1. The van der Waals surface area contributed by atoms with Gasteiger partial charge < -0.3 is 19.2 Å². The molecule has 0 radical (unpaired) electrons. The van der Waals surface area contributed by atoms with E-state index in [4.69, 9.17) is 26.1 Å². The maximum absolute atomic E-state index is 12.5. The molecule has 0 aliphatic rings. The van der Waals surface area contributed by atoms with E-state index in [0.717, 1.165) is 11.3 Å². The minimum absolute atomic E-state index is 0.161. The summed E-state index contributed by atoms with van der Waals surface area (Å²) in [4.78, 5) is 17.0. The summed E-state index contributed by atoms with van der Waals surface area (Å²) >= 11 is 5.28. The molecule has 0 aliphatic carbocycles. The zero-order chi connectivity index (χ0) is 21.8. The normalized spacial score (nSPS) is 10.5.